The third kappa shape index (κ3) is 3.80. The highest BCUT2D eigenvalue weighted by Gasteiger charge is 2.33. The van der Waals surface area contributed by atoms with E-state index in [-0.39, 0.29) is 11.6 Å². The average molecular weight is 382 g/mol. The van der Waals surface area contributed by atoms with Gasteiger partial charge in [-0.2, -0.15) is 0 Å². The Balaban J connectivity index is 2.04. The van der Waals surface area contributed by atoms with Crippen LogP contribution in [0.1, 0.15) is 24.1 Å². The highest BCUT2D eigenvalue weighted by molar-refractivity contribution is 7.80. The lowest BCUT2D eigenvalue weighted by molar-refractivity contribution is -0.385. The molecule has 0 aliphatic carbocycles. The van der Waals surface area contributed by atoms with Crippen molar-refractivity contribution in [1.29, 1.82) is 0 Å². The summed E-state index contributed by atoms with van der Waals surface area (Å²) in [5.74, 6) is -0.354. The van der Waals surface area contributed by atoms with E-state index in [1.165, 1.54) is 6.07 Å². The van der Waals surface area contributed by atoms with Crippen LogP contribution in [0.15, 0.2) is 59.8 Å². The molecule has 0 spiro atoms. The third-order valence-electron chi connectivity index (χ3n) is 4.35. The van der Waals surface area contributed by atoms with E-state index in [4.69, 9.17) is 12.2 Å². The number of nitro benzene ring substituents is 1. The molecule has 3 rings (SSSR count). The lowest BCUT2D eigenvalue weighted by Crippen LogP contribution is -2.46. The van der Waals surface area contributed by atoms with Crippen LogP contribution >= 0.6 is 12.2 Å². The van der Waals surface area contributed by atoms with Crippen molar-refractivity contribution in [3.8, 4) is 0 Å². The second-order valence-electron chi connectivity index (χ2n) is 6.16. The second kappa shape index (κ2) is 7.55. The molecule has 0 aromatic heterocycles. The molecule has 0 radical (unpaired) electrons. The van der Waals surface area contributed by atoms with E-state index in [2.05, 4.69) is 16.0 Å². The van der Waals surface area contributed by atoms with E-state index in [0.717, 1.165) is 5.56 Å². The normalized spacial score (nSPS) is 16.4. The van der Waals surface area contributed by atoms with E-state index in [1.807, 2.05) is 25.1 Å². The van der Waals surface area contributed by atoms with Gasteiger partial charge in [-0.05, 0) is 43.8 Å². The number of nitrogens with zero attached hydrogens (tertiary/aromatic N) is 1. The van der Waals surface area contributed by atoms with Crippen LogP contribution in [0.3, 0.4) is 0 Å². The highest BCUT2D eigenvalue weighted by atomic mass is 32.1. The number of hydrogen-bond acceptors (Lipinski definition) is 4. The van der Waals surface area contributed by atoms with Crippen molar-refractivity contribution < 1.29 is 9.72 Å². The fourth-order valence-electron chi connectivity index (χ4n) is 3.03. The molecular formula is C19H18N4O3S. The minimum Gasteiger partial charge on any atom is -0.351 e. The van der Waals surface area contributed by atoms with Crippen molar-refractivity contribution in [2.75, 3.05) is 5.32 Å². The van der Waals surface area contributed by atoms with Crippen LogP contribution in [0, 0.1) is 17.0 Å². The summed E-state index contributed by atoms with van der Waals surface area (Å²) < 4.78 is 0. The SMILES string of the molecule is CC1=C(C(=O)Nc2ccccc2C)C(c2ccccc2[N+](=O)[O-])NC(=S)N1. The molecule has 138 valence electrons. The van der Waals surface area contributed by atoms with Gasteiger partial charge in [0.25, 0.3) is 11.6 Å². The van der Waals surface area contributed by atoms with Crippen LogP contribution in [0.5, 0.6) is 0 Å². The van der Waals surface area contributed by atoms with Crippen LogP contribution in [-0.4, -0.2) is 15.9 Å². The topological polar surface area (TPSA) is 96.3 Å². The molecular weight excluding hydrogens is 364 g/mol. The van der Waals surface area contributed by atoms with Gasteiger partial charge in [0.2, 0.25) is 0 Å². The van der Waals surface area contributed by atoms with Crippen molar-refractivity contribution in [3.05, 3.63) is 81.0 Å². The maximum absolute atomic E-state index is 13.0. The van der Waals surface area contributed by atoms with Gasteiger partial charge in [0.05, 0.1) is 22.1 Å². The van der Waals surface area contributed by atoms with Crippen molar-refractivity contribution in [2.24, 2.45) is 0 Å². The van der Waals surface area contributed by atoms with E-state index >= 15 is 0 Å². The summed E-state index contributed by atoms with van der Waals surface area (Å²) >= 11 is 5.20. The first kappa shape index (κ1) is 18.5. The minimum atomic E-state index is -0.732. The Hall–Kier alpha value is -3.26. The molecule has 1 aliphatic heterocycles. The molecule has 1 heterocycles. The standard InChI is InChI=1S/C19H18N4O3S/c1-11-7-3-5-9-14(11)21-18(24)16-12(2)20-19(27)22-17(16)13-8-4-6-10-15(13)23(25)26/h3-10,17H,1-2H3,(H,21,24)(H2,20,22,27). The number of nitro groups is 1. The van der Waals surface area contributed by atoms with Gasteiger partial charge < -0.3 is 16.0 Å². The molecule has 0 fully saturated rings. The number of para-hydroxylation sites is 2. The number of thiocarbonyl (C=S) groups is 1. The van der Waals surface area contributed by atoms with Crippen molar-refractivity contribution in [2.45, 2.75) is 19.9 Å². The summed E-state index contributed by atoms with van der Waals surface area (Å²) in [4.78, 5) is 24.0. The Morgan fingerprint density at radius 1 is 1.15 bits per heavy atom. The van der Waals surface area contributed by atoms with Gasteiger partial charge in [-0.3, -0.25) is 14.9 Å². The summed E-state index contributed by atoms with van der Waals surface area (Å²) in [5.41, 5.74) is 2.79. The number of nitrogens with one attached hydrogen (secondary N) is 3. The number of carbonyl (C=O) groups excluding carboxylic acids is 1. The maximum atomic E-state index is 13.0. The summed E-state index contributed by atoms with van der Waals surface area (Å²) in [6.45, 7) is 3.62. The zero-order valence-corrected chi connectivity index (χ0v) is 15.6. The predicted octanol–water partition coefficient (Wildman–Crippen LogP) is 3.33. The lowest BCUT2D eigenvalue weighted by atomic mass is 9.93. The Bertz CT molecular complexity index is 971. The number of carbonyl (C=O) groups is 1. The minimum absolute atomic E-state index is 0.0753. The first-order chi connectivity index (χ1) is 12.9. The van der Waals surface area contributed by atoms with Gasteiger partial charge >= 0.3 is 0 Å². The van der Waals surface area contributed by atoms with E-state index < -0.39 is 11.0 Å². The molecule has 7 nitrogen and oxygen atoms in total. The molecule has 27 heavy (non-hydrogen) atoms. The zero-order valence-electron chi connectivity index (χ0n) is 14.8. The summed E-state index contributed by atoms with van der Waals surface area (Å²) in [5, 5.41) is 20.6. The van der Waals surface area contributed by atoms with Gasteiger partial charge in [0.1, 0.15) is 0 Å². The van der Waals surface area contributed by atoms with Crippen molar-refractivity contribution in [3.63, 3.8) is 0 Å². The number of allylic oxidation sites excluding steroid dienone is 1. The van der Waals surface area contributed by atoms with Gasteiger partial charge in [0, 0.05) is 17.5 Å². The number of rotatable bonds is 4. The first-order valence-electron chi connectivity index (χ1n) is 8.27. The third-order valence-corrected chi connectivity index (χ3v) is 4.57. The maximum Gasteiger partial charge on any atom is 0.275 e. The van der Waals surface area contributed by atoms with Crippen LogP contribution in [0.2, 0.25) is 0 Å². The van der Waals surface area contributed by atoms with Gasteiger partial charge in [-0.15, -0.1) is 0 Å². The summed E-state index contributed by atoms with van der Waals surface area (Å²) in [6.07, 6.45) is 0. The molecule has 2 aromatic rings. The Kier molecular flexibility index (Phi) is 5.18. The first-order valence-corrected chi connectivity index (χ1v) is 8.68. The number of anilines is 1. The fourth-order valence-corrected chi connectivity index (χ4v) is 3.30. The fraction of sp³-hybridized carbons (Fsp3) is 0.158. The molecule has 1 aliphatic rings. The molecule has 3 N–H and O–H groups in total. The van der Waals surface area contributed by atoms with Crippen LogP contribution < -0.4 is 16.0 Å². The van der Waals surface area contributed by atoms with Gasteiger partial charge in [0.15, 0.2) is 5.11 Å². The molecule has 2 aromatic carbocycles. The van der Waals surface area contributed by atoms with Crippen LogP contribution in [0.25, 0.3) is 0 Å². The Morgan fingerprint density at radius 3 is 2.52 bits per heavy atom. The molecule has 8 heteroatoms. The number of hydrogen-bond donors (Lipinski definition) is 3. The van der Waals surface area contributed by atoms with Crippen LogP contribution in [0.4, 0.5) is 11.4 Å². The van der Waals surface area contributed by atoms with Crippen LogP contribution in [-0.2, 0) is 4.79 Å². The quantitative estimate of drug-likeness (QED) is 0.426. The van der Waals surface area contributed by atoms with Gasteiger partial charge in [-0.25, -0.2) is 0 Å². The monoisotopic (exact) mass is 382 g/mol. The number of amides is 1. The molecule has 0 saturated heterocycles. The zero-order chi connectivity index (χ0) is 19.6. The smallest absolute Gasteiger partial charge is 0.275 e. The molecule has 1 amide bonds. The molecule has 1 unspecified atom stereocenters. The Labute approximate surface area is 161 Å². The second-order valence-corrected chi connectivity index (χ2v) is 6.56. The predicted molar refractivity (Wildman–Crippen MR) is 107 cm³/mol. The van der Waals surface area contributed by atoms with Crippen molar-refractivity contribution in [1.82, 2.24) is 10.6 Å². The summed E-state index contributed by atoms with van der Waals surface area (Å²) in [7, 11) is 0. The highest BCUT2D eigenvalue weighted by Crippen LogP contribution is 2.33. The average Bonchev–Trinajstić information content (AvgIpc) is 2.62. The van der Waals surface area contributed by atoms with E-state index in [0.29, 0.717) is 27.6 Å². The molecule has 1 atom stereocenters. The Morgan fingerprint density at radius 2 is 1.81 bits per heavy atom. The van der Waals surface area contributed by atoms with E-state index in [1.54, 1.807) is 31.2 Å². The molecule has 0 bridgehead atoms. The number of aryl methyl sites for hydroxylation is 1. The summed E-state index contributed by atoms with van der Waals surface area (Å²) in [6, 6.07) is 13.0. The lowest BCUT2D eigenvalue weighted by Gasteiger charge is -2.30. The molecule has 0 saturated carbocycles. The van der Waals surface area contributed by atoms with Crippen molar-refractivity contribution >= 4 is 34.6 Å². The van der Waals surface area contributed by atoms with Gasteiger partial charge in [-0.1, -0.05) is 30.3 Å². The van der Waals surface area contributed by atoms with E-state index in [9.17, 15) is 14.9 Å². The largest absolute Gasteiger partial charge is 0.351 e. The number of benzene rings is 2.